The average Bonchev–Trinajstić information content (AvgIpc) is 3.16. The lowest BCUT2D eigenvalue weighted by molar-refractivity contribution is -0.118. The molecular formula is C17H24N4O5. The Morgan fingerprint density at radius 2 is 2.27 bits per heavy atom. The number of aliphatic hydroxyl groups excluding tert-OH is 2. The van der Waals surface area contributed by atoms with Crippen LogP contribution in [0.4, 0.5) is 5.82 Å². The highest BCUT2D eigenvalue weighted by molar-refractivity contribution is 5.95. The zero-order valence-electron chi connectivity index (χ0n) is 15.0. The molecule has 9 heteroatoms. The minimum atomic E-state index is -1.07. The van der Waals surface area contributed by atoms with Crippen molar-refractivity contribution in [3.05, 3.63) is 24.7 Å². The lowest BCUT2D eigenvalue weighted by Gasteiger charge is -2.31. The number of nitrogens with zero attached hydrogens (tertiary/aromatic N) is 3. The van der Waals surface area contributed by atoms with Crippen LogP contribution in [0.3, 0.4) is 0 Å². The second kappa shape index (κ2) is 7.29. The standard InChI is InChI=1S/C17H24N4O5/c1-5-10-7-21(15-12(10)14(18-9-19-15)20-25-6-2)16-17(3,24-4)13(23)11(8-22)26-16/h5,7,9,11,13,16,22-23H,1,6,8H2,2-4H3,(H,18,19,20)/t11?,13?,16-,17?/m1/s1. The van der Waals surface area contributed by atoms with E-state index >= 15 is 0 Å². The van der Waals surface area contributed by atoms with E-state index in [2.05, 4.69) is 22.0 Å². The summed E-state index contributed by atoms with van der Waals surface area (Å²) in [5.41, 5.74) is 3.07. The Morgan fingerprint density at radius 3 is 2.88 bits per heavy atom. The summed E-state index contributed by atoms with van der Waals surface area (Å²) in [6, 6.07) is 0. The van der Waals surface area contributed by atoms with Gasteiger partial charge in [-0.05, 0) is 13.8 Å². The van der Waals surface area contributed by atoms with Crippen molar-refractivity contribution < 1.29 is 24.5 Å². The summed E-state index contributed by atoms with van der Waals surface area (Å²) in [6.07, 6.45) is 2.42. The fourth-order valence-electron chi connectivity index (χ4n) is 3.26. The minimum Gasteiger partial charge on any atom is -0.394 e. The topological polar surface area (TPSA) is 111 Å². The molecule has 0 aromatic carbocycles. The lowest BCUT2D eigenvalue weighted by Crippen LogP contribution is -2.46. The molecule has 1 fully saturated rings. The van der Waals surface area contributed by atoms with Crippen LogP contribution >= 0.6 is 0 Å². The zero-order valence-corrected chi connectivity index (χ0v) is 15.0. The normalized spacial score (nSPS) is 28.6. The van der Waals surface area contributed by atoms with Crippen molar-refractivity contribution in [2.45, 2.75) is 37.9 Å². The van der Waals surface area contributed by atoms with Gasteiger partial charge in [0.2, 0.25) is 0 Å². The van der Waals surface area contributed by atoms with Crippen molar-refractivity contribution in [1.29, 1.82) is 0 Å². The number of methoxy groups -OCH3 is 1. The molecule has 1 saturated heterocycles. The Balaban J connectivity index is 2.15. The number of anilines is 1. The fourth-order valence-corrected chi connectivity index (χ4v) is 3.26. The van der Waals surface area contributed by atoms with Crippen LogP contribution in [-0.2, 0) is 14.3 Å². The number of aliphatic hydroxyl groups is 2. The number of ether oxygens (including phenoxy) is 2. The molecule has 0 saturated carbocycles. The van der Waals surface area contributed by atoms with Gasteiger partial charge in [0.25, 0.3) is 0 Å². The molecule has 3 unspecified atom stereocenters. The molecule has 0 aliphatic carbocycles. The fraction of sp³-hybridized carbons (Fsp3) is 0.529. The molecule has 0 spiro atoms. The van der Waals surface area contributed by atoms with E-state index in [9.17, 15) is 10.2 Å². The molecule has 0 radical (unpaired) electrons. The van der Waals surface area contributed by atoms with E-state index in [1.54, 1.807) is 23.8 Å². The molecule has 3 N–H and O–H groups in total. The first-order valence-electron chi connectivity index (χ1n) is 8.37. The quantitative estimate of drug-likeness (QED) is 0.626. The molecule has 142 valence electrons. The second-order valence-corrected chi connectivity index (χ2v) is 6.19. The van der Waals surface area contributed by atoms with Crippen LogP contribution in [0.5, 0.6) is 0 Å². The second-order valence-electron chi connectivity index (χ2n) is 6.19. The zero-order chi connectivity index (χ0) is 18.9. The summed E-state index contributed by atoms with van der Waals surface area (Å²) in [6.45, 7) is 7.58. The molecular weight excluding hydrogens is 340 g/mol. The molecule has 2 aromatic rings. The molecule has 9 nitrogen and oxygen atoms in total. The Labute approximate surface area is 151 Å². The Kier molecular flexibility index (Phi) is 5.26. The van der Waals surface area contributed by atoms with Gasteiger partial charge in [-0.15, -0.1) is 0 Å². The molecule has 1 aliphatic heterocycles. The van der Waals surface area contributed by atoms with Crippen molar-refractivity contribution in [1.82, 2.24) is 14.5 Å². The van der Waals surface area contributed by atoms with Gasteiger partial charge in [0.05, 0.1) is 18.6 Å². The van der Waals surface area contributed by atoms with Gasteiger partial charge in [-0.25, -0.2) is 15.4 Å². The molecule has 3 heterocycles. The Morgan fingerprint density at radius 1 is 1.50 bits per heavy atom. The predicted octanol–water partition coefficient (Wildman–Crippen LogP) is 1.09. The summed E-state index contributed by atoms with van der Waals surface area (Å²) in [7, 11) is 1.50. The monoisotopic (exact) mass is 364 g/mol. The highest BCUT2D eigenvalue weighted by Crippen LogP contribution is 2.43. The van der Waals surface area contributed by atoms with E-state index in [0.717, 1.165) is 5.56 Å². The van der Waals surface area contributed by atoms with Crippen molar-refractivity contribution >= 4 is 22.9 Å². The average molecular weight is 364 g/mol. The van der Waals surface area contributed by atoms with E-state index in [1.165, 1.54) is 13.4 Å². The van der Waals surface area contributed by atoms with E-state index in [4.69, 9.17) is 14.3 Å². The molecule has 1 aliphatic rings. The van der Waals surface area contributed by atoms with Crippen LogP contribution in [0.1, 0.15) is 25.6 Å². The number of aromatic nitrogens is 3. The molecule has 0 amide bonds. The van der Waals surface area contributed by atoms with Gasteiger partial charge >= 0.3 is 0 Å². The predicted molar refractivity (Wildman–Crippen MR) is 95.3 cm³/mol. The number of hydrogen-bond acceptors (Lipinski definition) is 8. The third kappa shape index (κ3) is 2.78. The number of nitrogens with one attached hydrogen (secondary N) is 1. The van der Waals surface area contributed by atoms with E-state index in [-0.39, 0.29) is 6.61 Å². The van der Waals surface area contributed by atoms with Crippen LogP contribution in [0.2, 0.25) is 0 Å². The van der Waals surface area contributed by atoms with Crippen LogP contribution in [0.25, 0.3) is 17.1 Å². The largest absolute Gasteiger partial charge is 0.394 e. The molecule has 26 heavy (non-hydrogen) atoms. The Hall–Kier alpha value is -2.04. The maximum atomic E-state index is 10.5. The SMILES string of the molecule is C=Cc1cn([C@@H]2OC(CO)C(O)C2(C)OC)c2ncnc(NOCC)c12. The van der Waals surface area contributed by atoms with Gasteiger partial charge in [0.1, 0.15) is 29.8 Å². The summed E-state index contributed by atoms with van der Waals surface area (Å²) < 4.78 is 13.2. The van der Waals surface area contributed by atoms with Crippen LogP contribution in [-0.4, -0.2) is 62.9 Å². The summed E-state index contributed by atoms with van der Waals surface area (Å²) >= 11 is 0. The number of hydrogen-bond donors (Lipinski definition) is 3. The van der Waals surface area contributed by atoms with Gasteiger partial charge in [-0.3, -0.25) is 4.84 Å². The third-order valence-corrected chi connectivity index (χ3v) is 4.78. The van der Waals surface area contributed by atoms with Crippen molar-refractivity contribution in [3.8, 4) is 0 Å². The highest BCUT2D eigenvalue weighted by atomic mass is 16.6. The van der Waals surface area contributed by atoms with Crippen molar-refractivity contribution in [3.63, 3.8) is 0 Å². The van der Waals surface area contributed by atoms with Crippen LogP contribution in [0.15, 0.2) is 19.1 Å². The minimum absolute atomic E-state index is 0.323. The highest BCUT2D eigenvalue weighted by Gasteiger charge is 2.54. The van der Waals surface area contributed by atoms with Gasteiger partial charge in [0.15, 0.2) is 12.0 Å². The maximum Gasteiger partial charge on any atom is 0.167 e. The van der Waals surface area contributed by atoms with E-state index in [0.29, 0.717) is 23.5 Å². The maximum absolute atomic E-state index is 10.5. The Bertz CT molecular complexity index is 795. The van der Waals surface area contributed by atoms with E-state index < -0.39 is 24.0 Å². The van der Waals surface area contributed by atoms with E-state index in [1.807, 2.05) is 6.92 Å². The molecule has 2 aromatic heterocycles. The van der Waals surface area contributed by atoms with Gasteiger partial charge < -0.3 is 24.3 Å². The lowest BCUT2D eigenvalue weighted by atomic mass is 9.96. The molecule has 3 rings (SSSR count). The third-order valence-electron chi connectivity index (χ3n) is 4.78. The first-order chi connectivity index (χ1) is 12.5. The van der Waals surface area contributed by atoms with Crippen molar-refractivity contribution in [2.75, 3.05) is 25.8 Å². The summed E-state index contributed by atoms with van der Waals surface area (Å²) in [4.78, 5) is 13.9. The van der Waals surface area contributed by atoms with Gasteiger partial charge in [-0.2, -0.15) is 0 Å². The summed E-state index contributed by atoms with van der Waals surface area (Å²) in [5.74, 6) is 0.502. The number of rotatable bonds is 7. The van der Waals surface area contributed by atoms with Gasteiger partial charge in [0, 0.05) is 18.9 Å². The number of fused-ring (bicyclic) bond motifs is 1. The molecule has 0 bridgehead atoms. The first-order valence-corrected chi connectivity index (χ1v) is 8.37. The van der Waals surface area contributed by atoms with Crippen LogP contribution in [0, 0.1) is 0 Å². The van der Waals surface area contributed by atoms with Crippen molar-refractivity contribution in [2.24, 2.45) is 0 Å². The van der Waals surface area contributed by atoms with Gasteiger partial charge in [-0.1, -0.05) is 12.7 Å². The van der Waals surface area contributed by atoms with Crippen LogP contribution < -0.4 is 5.48 Å². The summed E-state index contributed by atoms with van der Waals surface area (Å²) in [5, 5.41) is 20.8. The first kappa shape index (κ1) is 18.7. The smallest absolute Gasteiger partial charge is 0.167 e. The molecule has 4 atom stereocenters.